The molecule has 0 atom stereocenters. The second-order valence-electron chi connectivity index (χ2n) is 12.0. The first-order valence-corrected chi connectivity index (χ1v) is 13.6. The van der Waals surface area contributed by atoms with E-state index in [-0.39, 0.29) is 12.1 Å². The predicted molar refractivity (Wildman–Crippen MR) is 157 cm³/mol. The molecular formula is C34H53F. The van der Waals surface area contributed by atoms with Crippen LogP contribution < -0.4 is 0 Å². The minimum absolute atomic E-state index is 0.285. The molecule has 1 aromatic rings. The SMILES string of the molecule is C=C.C=C(C/C=C(\C)c1ccc2c(c1)C(C)(C)CCC2(C)C)C1CCCCC1.CC(C)=C(C)CF. The van der Waals surface area contributed by atoms with E-state index in [1.54, 1.807) is 18.1 Å². The topological polar surface area (TPSA) is 0 Å². The number of hydrogen-bond donors (Lipinski definition) is 0. The molecule has 1 fully saturated rings. The molecule has 0 saturated heterocycles. The van der Waals surface area contributed by atoms with E-state index < -0.39 is 0 Å². The summed E-state index contributed by atoms with van der Waals surface area (Å²) in [5.74, 6) is 0.760. The van der Waals surface area contributed by atoms with Gasteiger partial charge in [0.25, 0.3) is 0 Å². The highest BCUT2D eigenvalue weighted by atomic mass is 19.1. The van der Waals surface area contributed by atoms with Crippen molar-refractivity contribution in [3.05, 3.63) is 77.4 Å². The molecule has 35 heavy (non-hydrogen) atoms. The molecule has 0 heterocycles. The highest BCUT2D eigenvalue weighted by Crippen LogP contribution is 2.46. The van der Waals surface area contributed by atoms with Crippen molar-refractivity contribution in [1.29, 1.82) is 0 Å². The van der Waals surface area contributed by atoms with Gasteiger partial charge >= 0.3 is 0 Å². The lowest BCUT2D eigenvalue weighted by molar-refractivity contribution is 0.332. The fourth-order valence-electron chi connectivity index (χ4n) is 5.05. The van der Waals surface area contributed by atoms with Crippen LogP contribution in [0.25, 0.3) is 5.57 Å². The zero-order chi connectivity index (χ0) is 26.8. The maximum absolute atomic E-state index is 11.6. The quantitative estimate of drug-likeness (QED) is 0.368. The molecule has 2 aliphatic carbocycles. The van der Waals surface area contributed by atoms with Crippen LogP contribution in [-0.4, -0.2) is 6.67 Å². The van der Waals surface area contributed by atoms with Crippen molar-refractivity contribution in [3.63, 3.8) is 0 Å². The summed E-state index contributed by atoms with van der Waals surface area (Å²) >= 11 is 0. The van der Waals surface area contributed by atoms with Gasteiger partial charge in [-0.15, -0.1) is 13.2 Å². The van der Waals surface area contributed by atoms with Gasteiger partial charge in [-0.2, -0.15) is 0 Å². The third-order valence-electron chi connectivity index (χ3n) is 8.22. The van der Waals surface area contributed by atoms with E-state index in [4.69, 9.17) is 0 Å². The summed E-state index contributed by atoms with van der Waals surface area (Å²) < 4.78 is 11.6. The Balaban J connectivity index is 0.000000587. The Morgan fingerprint density at radius 2 is 1.46 bits per heavy atom. The zero-order valence-electron chi connectivity index (χ0n) is 24.2. The molecular weight excluding hydrogens is 427 g/mol. The lowest BCUT2D eigenvalue weighted by atomic mass is 9.63. The monoisotopic (exact) mass is 480 g/mol. The number of allylic oxidation sites excluding steroid dienone is 5. The molecule has 0 aliphatic heterocycles. The summed E-state index contributed by atoms with van der Waals surface area (Å²) in [6.07, 6.45) is 12.9. The predicted octanol–water partition coefficient (Wildman–Crippen LogP) is 11.1. The van der Waals surface area contributed by atoms with Gasteiger partial charge in [-0.05, 0) is 104 Å². The fraction of sp³-hybridized carbons (Fsp3) is 0.588. The van der Waals surface area contributed by atoms with E-state index in [0.717, 1.165) is 23.5 Å². The van der Waals surface area contributed by atoms with Crippen LogP contribution in [0.5, 0.6) is 0 Å². The Hall–Kier alpha value is -1.89. The lowest BCUT2D eigenvalue weighted by Crippen LogP contribution is -2.33. The van der Waals surface area contributed by atoms with E-state index in [2.05, 4.69) is 78.6 Å². The Labute approximate surface area is 217 Å². The van der Waals surface area contributed by atoms with Crippen molar-refractivity contribution in [2.75, 3.05) is 6.67 Å². The first-order chi connectivity index (χ1) is 16.4. The lowest BCUT2D eigenvalue weighted by Gasteiger charge is -2.42. The highest BCUT2D eigenvalue weighted by molar-refractivity contribution is 5.66. The van der Waals surface area contributed by atoms with Crippen molar-refractivity contribution < 1.29 is 4.39 Å². The van der Waals surface area contributed by atoms with Gasteiger partial charge in [-0.1, -0.05) is 89.0 Å². The second kappa shape index (κ2) is 14.0. The maximum atomic E-state index is 11.6. The molecule has 0 unspecified atom stereocenters. The molecule has 1 aromatic carbocycles. The number of fused-ring (bicyclic) bond motifs is 1. The van der Waals surface area contributed by atoms with Crippen LogP contribution in [0.3, 0.4) is 0 Å². The average Bonchev–Trinajstić information content (AvgIpc) is 2.86. The molecule has 0 amide bonds. The van der Waals surface area contributed by atoms with Gasteiger partial charge in [-0.3, -0.25) is 0 Å². The fourth-order valence-corrected chi connectivity index (χ4v) is 5.05. The molecule has 0 nitrogen and oxygen atoms in total. The molecule has 2 aliphatic rings. The molecule has 1 saturated carbocycles. The number of hydrogen-bond acceptors (Lipinski definition) is 0. The van der Waals surface area contributed by atoms with E-state index in [1.165, 1.54) is 61.7 Å². The largest absolute Gasteiger partial charge is 0.246 e. The first-order valence-electron chi connectivity index (χ1n) is 13.6. The Morgan fingerprint density at radius 1 is 0.914 bits per heavy atom. The van der Waals surface area contributed by atoms with Crippen LogP contribution in [0.15, 0.2) is 60.7 Å². The van der Waals surface area contributed by atoms with Crippen molar-refractivity contribution in [2.45, 2.75) is 118 Å². The van der Waals surface area contributed by atoms with Crippen LogP contribution in [0.1, 0.15) is 123 Å². The Morgan fingerprint density at radius 3 is 1.94 bits per heavy atom. The summed E-state index contributed by atoms with van der Waals surface area (Å²) in [4.78, 5) is 0. The van der Waals surface area contributed by atoms with E-state index in [0.29, 0.717) is 5.41 Å². The number of rotatable bonds is 5. The summed E-state index contributed by atoms with van der Waals surface area (Å²) in [5.41, 5.74) is 9.88. The van der Waals surface area contributed by atoms with Crippen LogP contribution >= 0.6 is 0 Å². The van der Waals surface area contributed by atoms with Crippen LogP contribution in [0, 0.1) is 5.92 Å². The Bertz CT molecular complexity index is 883. The third-order valence-corrected chi connectivity index (χ3v) is 8.22. The minimum atomic E-state index is -0.303. The third kappa shape index (κ3) is 8.93. The van der Waals surface area contributed by atoms with Gasteiger partial charge in [-0.25, -0.2) is 4.39 Å². The molecule has 1 heteroatoms. The van der Waals surface area contributed by atoms with Crippen molar-refractivity contribution in [3.8, 4) is 0 Å². The maximum Gasteiger partial charge on any atom is 0.110 e. The normalized spacial score (nSPS) is 18.7. The van der Waals surface area contributed by atoms with E-state index in [9.17, 15) is 4.39 Å². The summed E-state index contributed by atoms with van der Waals surface area (Å²) in [6.45, 7) is 27.6. The van der Waals surface area contributed by atoms with Crippen LogP contribution in [0.2, 0.25) is 0 Å². The van der Waals surface area contributed by atoms with Crippen molar-refractivity contribution in [2.24, 2.45) is 5.92 Å². The Kier molecular flexibility index (Phi) is 12.5. The zero-order valence-corrected chi connectivity index (χ0v) is 24.2. The molecule has 0 aromatic heterocycles. The van der Waals surface area contributed by atoms with Gasteiger partial charge in [0, 0.05) is 0 Å². The standard InChI is InChI=1S/C26H38.C6H11F.C2H4/c1-19(21-10-8-7-9-11-21)12-13-20(2)22-14-15-23-24(18-22)26(5,6)17-16-25(23,3)4;1-5(2)6(3)4-7;1-2/h13-15,18,21H,1,7-12,16-17H2,2-6H3;4H2,1-3H3;1-2H2/b20-13+;;. The number of halogens is 1. The van der Waals surface area contributed by atoms with Crippen LogP contribution in [0.4, 0.5) is 4.39 Å². The summed E-state index contributed by atoms with van der Waals surface area (Å²) in [7, 11) is 0. The first kappa shape index (κ1) is 31.1. The minimum Gasteiger partial charge on any atom is -0.246 e. The molecule has 3 rings (SSSR count). The van der Waals surface area contributed by atoms with E-state index in [1.807, 2.05) is 13.8 Å². The van der Waals surface area contributed by atoms with Gasteiger partial charge in [0.05, 0.1) is 0 Å². The molecule has 0 radical (unpaired) electrons. The van der Waals surface area contributed by atoms with Gasteiger partial charge < -0.3 is 0 Å². The molecule has 196 valence electrons. The second-order valence-corrected chi connectivity index (χ2v) is 12.0. The van der Waals surface area contributed by atoms with Crippen LogP contribution in [-0.2, 0) is 10.8 Å². The summed E-state index contributed by atoms with van der Waals surface area (Å²) in [5, 5.41) is 0. The van der Waals surface area contributed by atoms with Crippen molar-refractivity contribution >= 4 is 5.57 Å². The van der Waals surface area contributed by atoms with E-state index >= 15 is 0 Å². The number of benzene rings is 1. The molecule has 0 bridgehead atoms. The van der Waals surface area contributed by atoms with Crippen molar-refractivity contribution in [1.82, 2.24) is 0 Å². The smallest absolute Gasteiger partial charge is 0.110 e. The summed E-state index contributed by atoms with van der Waals surface area (Å²) in [6, 6.07) is 7.22. The van der Waals surface area contributed by atoms with Gasteiger partial charge in [0.2, 0.25) is 0 Å². The van der Waals surface area contributed by atoms with Gasteiger partial charge in [0.15, 0.2) is 0 Å². The highest BCUT2D eigenvalue weighted by Gasteiger charge is 2.36. The molecule has 0 spiro atoms. The number of alkyl halides is 1. The van der Waals surface area contributed by atoms with Gasteiger partial charge in [0.1, 0.15) is 6.67 Å². The average molecular weight is 481 g/mol. The molecule has 0 N–H and O–H groups in total.